The van der Waals surface area contributed by atoms with E-state index in [0.717, 1.165) is 30.6 Å². The maximum Gasteiger partial charge on any atom is 0.192 e. The lowest BCUT2D eigenvalue weighted by atomic mass is 9.61. The predicted molar refractivity (Wildman–Crippen MR) is 143 cm³/mol. The van der Waals surface area contributed by atoms with Gasteiger partial charge in [0.05, 0.1) is 6.10 Å². The van der Waals surface area contributed by atoms with Crippen LogP contribution in [0.2, 0.25) is 18.1 Å². The fraction of sp³-hybridized carbons (Fsp3) is 0.800. The third-order valence-electron chi connectivity index (χ3n) is 10.2. The van der Waals surface area contributed by atoms with Crippen LogP contribution >= 0.6 is 0 Å². The molecule has 0 spiro atoms. The Morgan fingerprint density at radius 2 is 1.88 bits per heavy atom. The number of hydrogen-bond donors (Lipinski definition) is 0. The fourth-order valence-corrected chi connectivity index (χ4v) is 8.10. The van der Waals surface area contributed by atoms with Gasteiger partial charge in [0.25, 0.3) is 0 Å². The molecule has 32 heavy (non-hydrogen) atoms. The minimum atomic E-state index is -1.80. The van der Waals surface area contributed by atoms with E-state index in [9.17, 15) is 0 Å². The van der Waals surface area contributed by atoms with Crippen molar-refractivity contribution in [1.82, 2.24) is 0 Å². The van der Waals surface area contributed by atoms with Crippen LogP contribution in [-0.4, -0.2) is 14.4 Å². The summed E-state index contributed by atoms with van der Waals surface area (Å²) in [6.45, 7) is 26.1. The summed E-state index contributed by atoms with van der Waals surface area (Å²) in [5.41, 5.74) is 5.16. The maximum atomic E-state index is 6.86. The van der Waals surface area contributed by atoms with Crippen LogP contribution < -0.4 is 0 Å². The number of fused-ring (bicyclic) bond motifs is 1. The Morgan fingerprint density at radius 3 is 2.50 bits per heavy atom. The van der Waals surface area contributed by atoms with Gasteiger partial charge in [-0.05, 0) is 97.7 Å². The lowest BCUT2D eigenvalue weighted by Crippen LogP contribution is -2.45. The highest BCUT2D eigenvalue weighted by Crippen LogP contribution is 2.59. The van der Waals surface area contributed by atoms with Crippen molar-refractivity contribution in [3.05, 3.63) is 35.5 Å². The Morgan fingerprint density at radius 1 is 1.19 bits per heavy atom. The molecule has 0 N–H and O–H groups in total. The van der Waals surface area contributed by atoms with E-state index in [2.05, 4.69) is 80.3 Å². The molecule has 0 aromatic carbocycles. The van der Waals surface area contributed by atoms with E-state index >= 15 is 0 Å². The molecule has 182 valence electrons. The van der Waals surface area contributed by atoms with E-state index in [-0.39, 0.29) is 11.1 Å². The molecule has 2 heteroatoms. The second-order valence-electron chi connectivity index (χ2n) is 13.3. The zero-order chi connectivity index (χ0) is 23.9. The van der Waals surface area contributed by atoms with E-state index in [1.165, 1.54) is 44.1 Å². The van der Waals surface area contributed by atoms with Crippen LogP contribution in [-0.2, 0) is 4.43 Å². The molecule has 0 bridgehead atoms. The summed E-state index contributed by atoms with van der Waals surface area (Å²) in [5, 5.41) is 0.237. The van der Waals surface area contributed by atoms with Gasteiger partial charge >= 0.3 is 0 Å². The van der Waals surface area contributed by atoms with Gasteiger partial charge in [-0.3, -0.25) is 0 Å². The molecule has 3 rings (SSSR count). The Bertz CT molecular complexity index is 751. The molecule has 0 heterocycles. The first-order chi connectivity index (χ1) is 14.8. The monoisotopic (exact) mass is 456 g/mol. The Kier molecular flexibility index (Phi) is 7.78. The van der Waals surface area contributed by atoms with Crippen LogP contribution in [0.25, 0.3) is 0 Å². The smallest absolute Gasteiger partial charge is 0.192 e. The van der Waals surface area contributed by atoms with Gasteiger partial charge in [0.15, 0.2) is 8.32 Å². The molecular weight excluding hydrogens is 404 g/mol. The van der Waals surface area contributed by atoms with E-state index in [1.54, 1.807) is 11.1 Å². The largest absolute Gasteiger partial charge is 0.410 e. The summed E-state index contributed by atoms with van der Waals surface area (Å²) >= 11 is 0. The van der Waals surface area contributed by atoms with Crippen LogP contribution in [0.1, 0.15) is 99.8 Å². The van der Waals surface area contributed by atoms with Gasteiger partial charge in [-0.1, -0.05) is 84.8 Å². The van der Waals surface area contributed by atoms with Crippen LogP contribution in [0.3, 0.4) is 0 Å². The summed E-state index contributed by atoms with van der Waals surface area (Å²) < 4.78 is 6.86. The molecule has 3 fully saturated rings. The molecule has 3 saturated carbocycles. The van der Waals surface area contributed by atoms with Crippen molar-refractivity contribution >= 4 is 8.32 Å². The molecule has 1 nitrogen and oxygen atoms in total. The zero-order valence-electron chi connectivity index (χ0n) is 22.8. The Labute approximate surface area is 201 Å². The number of rotatable bonds is 5. The molecule has 0 aromatic rings. The highest BCUT2D eigenvalue weighted by Gasteiger charge is 2.50. The van der Waals surface area contributed by atoms with Crippen molar-refractivity contribution in [1.29, 1.82) is 0 Å². The highest BCUT2D eigenvalue weighted by molar-refractivity contribution is 6.74. The molecule has 6 atom stereocenters. The quantitative estimate of drug-likeness (QED) is 0.295. The summed E-state index contributed by atoms with van der Waals surface area (Å²) in [6, 6.07) is 0. The van der Waals surface area contributed by atoms with Gasteiger partial charge in [0, 0.05) is 0 Å². The van der Waals surface area contributed by atoms with E-state index < -0.39 is 8.32 Å². The SMILES string of the molecule is C=C1[C@H](C)C/C(=C/C=C2\CCC[C@@]3(C)C2CCC3[C@H](C)CC)C[C@H]1O[Si](C)(C)C(C)(C)C. The highest BCUT2D eigenvalue weighted by atomic mass is 28.4. The summed E-state index contributed by atoms with van der Waals surface area (Å²) in [6.07, 6.45) is 15.7. The molecule has 3 aliphatic carbocycles. The minimum absolute atomic E-state index is 0.196. The van der Waals surface area contributed by atoms with Crippen molar-refractivity contribution < 1.29 is 4.43 Å². The van der Waals surface area contributed by atoms with Gasteiger partial charge in [0.2, 0.25) is 0 Å². The second kappa shape index (κ2) is 9.57. The summed E-state index contributed by atoms with van der Waals surface area (Å²) in [4.78, 5) is 0. The molecule has 0 radical (unpaired) electrons. The summed E-state index contributed by atoms with van der Waals surface area (Å²) in [5.74, 6) is 3.10. The van der Waals surface area contributed by atoms with Crippen molar-refractivity contribution in [2.45, 2.75) is 124 Å². The molecule has 2 unspecified atom stereocenters. The standard InChI is InChI=1S/C30H52OSi/c1-11-21(2)26-16-17-27-25(13-12-18-30(26,27)8)15-14-24-19-22(3)23(4)28(20-24)31-32(9,10)29(5,6)7/h14-15,21-22,26-28H,4,11-13,16-20H2,1-3,5-10H3/b24-14-,25-15+/t21-,22-,26?,27?,28-,30-/m1/s1. The van der Waals surface area contributed by atoms with Gasteiger partial charge in [0.1, 0.15) is 0 Å². The van der Waals surface area contributed by atoms with Gasteiger partial charge in [-0.15, -0.1) is 0 Å². The Hall–Kier alpha value is -0.603. The van der Waals surface area contributed by atoms with E-state index in [0.29, 0.717) is 11.3 Å². The van der Waals surface area contributed by atoms with Crippen LogP contribution in [0, 0.1) is 29.1 Å². The average Bonchev–Trinajstić information content (AvgIpc) is 3.05. The first kappa shape index (κ1) is 26.0. The molecule has 3 aliphatic rings. The predicted octanol–water partition coefficient (Wildman–Crippen LogP) is 9.48. The van der Waals surface area contributed by atoms with Crippen LogP contribution in [0.4, 0.5) is 0 Å². The third kappa shape index (κ3) is 5.07. The van der Waals surface area contributed by atoms with Crippen LogP contribution in [0.5, 0.6) is 0 Å². The topological polar surface area (TPSA) is 9.23 Å². The minimum Gasteiger partial charge on any atom is -0.410 e. The average molecular weight is 457 g/mol. The van der Waals surface area contributed by atoms with Crippen molar-refractivity contribution in [3.8, 4) is 0 Å². The molecular formula is C30H52OSi. The van der Waals surface area contributed by atoms with Crippen molar-refractivity contribution in [3.63, 3.8) is 0 Å². The van der Waals surface area contributed by atoms with Crippen molar-refractivity contribution in [2.75, 3.05) is 0 Å². The normalized spacial score (nSPS) is 37.7. The van der Waals surface area contributed by atoms with Gasteiger partial charge < -0.3 is 4.43 Å². The lowest BCUT2D eigenvalue weighted by Gasteiger charge is -2.44. The van der Waals surface area contributed by atoms with Crippen LogP contribution in [0.15, 0.2) is 35.5 Å². The Balaban J connectivity index is 1.78. The fourth-order valence-electron chi connectivity index (χ4n) is 6.80. The molecule has 0 aliphatic heterocycles. The third-order valence-corrected chi connectivity index (χ3v) is 14.7. The number of allylic oxidation sites excluding steroid dienone is 3. The molecule has 0 amide bonds. The maximum absolute atomic E-state index is 6.86. The zero-order valence-corrected chi connectivity index (χ0v) is 23.8. The molecule has 0 saturated heterocycles. The summed E-state index contributed by atoms with van der Waals surface area (Å²) in [7, 11) is -1.80. The molecule has 0 aromatic heterocycles. The van der Waals surface area contributed by atoms with Crippen molar-refractivity contribution in [2.24, 2.45) is 29.1 Å². The van der Waals surface area contributed by atoms with E-state index in [1.807, 2.05) is 0 Å². The second-order valence-corrected chi connectivity index (χ2v) is 18.1. The first-order valence-electron chi connectivity index (χ1n) is 13.5. The van der Waals surface area contributed by atoms with Gasteiger partial charge in [-0.2, -0.15) is 0 Å². The van der Waals surface area contributed by atoms with E-state index in [4.69, 9.17) is 4.43 Å². The lowest BCUT2D eigenvalue weighted by molar-refractivity contribution is 0.0961. The van der Waals surface area contributed by atoms with Gasteiger partial charge in [-0.25, -0.2) is 0 Å². The first-order valence-corrected chi connectivity index (χ1v) is 16.5. The number of hydrogen-bond acceptors (Lipinski definition) is 1.